The fraction of sp³-hybridized carbons (Fsp3) is 0.250. The van der Waals surface area contributed by atoms with E-state index in [1.54, 1.807) is 18.0 Å². The summed E-state index contributed by atoms with van der Waals surface area (Å²) in [6.45, 7) is 0.541. The molecule has 25 heavy (non-hydrogen) atoms. The first-order valence-corrected chi connectivity index (χ1v) is 7.99. The van der Waals surface area contributed by atoms with Crippen LogP contribution in [-0.2, 0) is 10.9 Å². The highest BCUT2D eigenvalue weighted by Gasteiger charge is 2.32. The smallest absolute Gasteiger partial charge is 0.416 e. The third-order valence-corrected chi connectivity index (χ3v) is 4.21. The average molecular weight is 416 g/mol. The normalized spacial score (nSPS) is 13.8. The van der Waals surface area contributed by atoms with E-state index in [1.807, 2.05) is 6.08 Å². The Bertz CT molecular complexity index is 874. The number of methoxy groups -OCH3 is 1. The van der Waals surface area contributed by atoms with Crippen LogP contribution in [-0.4, -0.2) is 36.5 Å². The van der Waals surface area contributed by atoms with Crippen molar-refractivity contribution in [2.24, 2.45) is 0 Å². The zero-order valence-electron chi connectivity index (χ0n) is 13.3. The number of halogens is 4. The number of alkyl halides is 3. The molecule has 5 nitrogen and oxygen atoms in total. The van der Waals surface area contributed by atoms with E-state index in [9.17, 15) is 18.0 Å². The molecule has 0 atom stereocenters. The van der Waals surface area contributed by atoms with E-state index in [1.165, 1.54) is 17.9 Å². The van der Waals surface area contributed by atoms with Gasteiger partial charge in [0.05, 0.1) is 23.9 Å². The first-order chi connectivity index (χ1) is 11.7. The lowest BCUT2D eigenvalue weighted by atomic mass is 10.1. The summed E-state index contributed by atoms with van der Waals surface area (Å²) in [7, 11) is 3.00. The molecule has 0 radical (unpaired) electrons. The summed E-state index contributed by atoms with van der Waals surface area (Å²) >= 11 is 3.10. The predicted octanol–water partition coefficient (Wildman–Crippen LogP) is 3.90. The minimum atomic E-state index is -4.50. The van der Waals surface area contributed by atoms with Gasteiger partial charge in [-0.2, -0.15) is 18.3 Å². The number of likely N-dealkylation sites (N-methyl/N-ethyl adjacent to an activating group) is 1. The van der Waals surface area contributed by atoms with Gasteiger partial charge in [-0.3, -0.25) is 0 Å². The molecule has 0 unspecified atom stereocenters. The van der Waals surface area contributed by atoms with Gasteiger partial charge in [0, 0.05) is 18.1 Å². The zero-order valence-corrected chi connectivity index (χ0v) is 14.8. The van der Waals surface area contributed by atoms with Crippen LogP contribution in [0.15, 0.2) is 28.7 Å². The van der Waals surface area contributed by atoms with Gasteiger partial charge in [-0.15, -0.1) is 0 Å². The Morgan fingerprint density at radius 3 is 2.68 bits per heavy atom. The van der Waals surface area contributed by atoms with Crippen LogP contribution in [0.4, 0.5) is 19.0 Å². The molecule has 0 saturated carbocycles. The Hall–Kier alpha value is -2.29. The van der Waals surface area contributed by atoms with E-state index in [4.69, 9.17) is 4.74 Å². The zero-order chi connectivity index (χ0) is 18.4. The van der Waals surface area contributed by atoms with Crippen LogP contribution in [0.25, 0.3) is 11.8 Å². The molecule has 1 aliphatic rings. The second-order valence-corrected chi connectivity index (χ2v) is 6.38. The maximum atomic E-state index is 13.1. The number of benzene rings is 1. The Morgan fingerprint density at radius 2 is 2.04 bits per heavy atom. The van der Waals surface area contributed by atoms with Gasteiger partial charge in [0.15, 0.2) is 5.69 Å². The number of anilines is 1. The van der Waals surface area contributed by atoms with Crippen molar-refractivity contribution in [1.29, 1.82) is 0 Å². The van der Waals surface area contributed by atoms with Crippen molar-refractivity contribution in [1.82, 2.24) is 9.78 Å². The van der Waals surface area contributed by atoms with Crippen LogP contribution in [0.5, 0.6) is 0 Å². The molecule has 0 saturated heterocycles. The fourth-order valence-corrected chi connectivity index (χ4v) is 3.13. The van der Waals surface area contributed by atoms with Gasteiger partial charge in [-0.05, 0) is 18.2 Å². The van der Waals surface area contributed by atoms with E-state index in [0.717, 1.165) is 12.1 Å². The topological polar surface area (TPSA) is 47.4 Å². The summed E-state index contributed by atoms with van der Waals surface area (Å²) in [6, 6.07) is 3.49. The van der Waals surface area contributed by atoms with Crippen LogP contribution in [0.1, 0.15) is 21.6 Å². The third-order valence-electron chi connectivity index (χ3n) is 3.76. The Kier molecular flexibility index (Phi) is 4.36. The molecule has 0 aliphatic carbocycles. The minimum Gasteiger partial charge on any atom is -0.464 e. The van der Waals surface area contributed by atoms with Crippen LogP contribution in [0, 0.1) is 0 Å². The van der Waals surface area contributed by atoms with Crippen molar-refractivity contribution in [3.8, 4) is 5.69 Å². The molecule has 1 aromatic heterocycles. The second kappa shape index (κ2) is 6.21. The number of nitrogens with zero attached hydrogens (tertiary/aromatic N) is 3. The molecule has 0 spiro atoms. The lowest BCUT2D eigenvalue weighted by Crippen LogP contribution is -2.23. The highest BCUT2D eigenvalue weighted by Crippen LogP contribution is 2.36. The SMILES string of the molecule is COC(=O)c1nn(-c2cc(Br)cc(C(F)(F)F)c2)c2c1C=CCN2C. The molecule has 1 aromatic carbocycles. The van der Waals surface area contributed by atoms with Gasteiger partial charge in [-0.25, -0.2) is 9.48 Å². The number of fused-ring (bicyclic) bond motifs is 1. The number of rotatable bonds is 2. The Morgan fingerprint density at radius 1 is 1.32 bits per heavy atom. The van der Waals surface area contributed by atoms with Crippen molar-refractivity contribution in [3.63, 3.8) is 0 Å². The Balaban J connectivity index is 2.25. The Labute approximate surface area is 149 Å². The largest absolute Gasteiger partial charge is 0.464 e. The van der Waals surface area contributed by atoms with Crippen LogP contribution in [0.2, 0.25) is 0 Å². The average Bonchev–Trinajstić information content (AvgIpc) is 2.94. The maximum Gasteiger partial charge on any atom is 0.416 e. The molecule has 1 aliphatic heterocycles. The number of hydrogen-bond donors (Lipinski definition) is 0. The van der Waals surface area contributed by atoms with Crippen LogP contribution < -0.4 is 4.90 Å². The summed E-state index contributed by atoms with van der Waals surface area (Å²) in [5, 5.41) is 4.21. The van der Waals surface area contributed by atoms with Crippen molar-refractivity contribution in [2.45, 2.75) is 6.18 Å². The molecular weight excluding hydrogens is 403 g/mol. The standard InChI is InChI=1S/C16H13BrF3N3O2/c1-22-5-3-4-12-13(15(24)25-2)21-23(14(12)22)11-7-9(16(18,19)20)6-10(17)8-11/h3-4,6-8H,5H2,1-2H3. The number of ether oxygens (including phenoxy) is 1. The highest BCUT2D eigenvalue weighted by atomic mass is 79.9. The van der Waals surface area contributed by atoms with Gasteiger partial charge in [0.2, 0.25) is 0 Å². The van der Waals surface area contributed by atoms with Crippen molar-refractivity contribution in [2.75, 3.05) is 25.6 Å². The molecule has 0 N–H and O–H groups in total. The van der Waals surface area contributed by atoms with Crippen LogP contribution in [0.3, 0.4) is 0 Å². The summed E-state index contributed by atoms with van der Waals surface area (Å²) in [5.41, 5.74) is -0.0621. The van der Waals surface area contributed by atoms with E-state index in [-0.39, 0.29) is 15.9 Å². The molecule has 2 heterocycles. The lowest BCUT2D eigenvalue weighted by molar-refractivity contribution is -0.137. The number of carbonyl (C=O) groups excluding carboxylic acids is 1. The molecule has 2 aromatic rings. The van der Waals surface area contributed by atoms with E-state index in [2.05, 4.69) is 21.0 Å². The second-order valence-electron chi connectivity index (χ2n) is 5.47. The highest BCUT2D eigenvalue weighted by molar-refractivity contribution is 9.10. The monoisotopic (exact) mass is 415 g/mol. The number of aromatic nitrogens is 2. The van der Waals surface area contributed by atoms with Gasteiger partial charge in [-0.1, -0.05) is 28.1 Å². The fourth-order valence-electron chi connectivity index (χ4n) is 2.64. The predicted molar refractivity (Wildman–Crippen MR) is 89.9 cm³/mol. The number of carbonyl (C=O) groups is 1. The third kappa shape index (κ3) is 3.15. The van der Waals surface area contributed by atoms with Gasteiger partial charge >= 0.3 is 12.1 Å². The summed E-state index contributed by atoms with van der Waals surface area (Å²) in [5.74, 6) is -0.130. The summed E-state index contributed by atoms with van der Waals surface area (Å²) in [4.78, 5) is 13.8. The molecule has 3 rings (SSSR count). The number of esters is 1. The van der Waals surface area contributed by atoms with E-state index < -0.39 is 17.7 Å². The first kappa shape index (κ1) is 17.5. The van der Waals surface area contributed by atoms with Crippen molar-refractivity contribution >= 4 is 33.8 Å². The first-order valence-electron chi connectivity index (χ1n) is 7.19. The molecule has 9 heteroatoms. The summed E-state index contributed by atoms with van der Waals surface area (Å²) < 4.78 is 45.7. The molecule has 132 valence electrons. The lowest BCUT2D eigenvalue weighted by Gasteiger charge is -2.23. The molecule has 0 bridgehead atoms. The molecule has 0 amide bonds. The van der Waals surface area contributed by atoms with Crippen molar-refractivity contribution in [3.05, 3.63) is 45.6 Å². The van der Waals surface area contributed by atoms with Gasteiger partial charge in [0.1, 0.15) is 5.82 Å². The van der Waals surface area contributed by atoms with Crippen molar-refractivity contribution < 1.29 is 22.7 Å². The molecular formula is C16H13BrF3N3O2. The summed E-state index contributed by atoms with van der Waals surface area (Å²) in [6.07, 6.45) is -0.945. The molecule has 0 fully saturated rings. The van der Waals surface area contributed by atoms with E-state index >= 15 is 0 Å². The maximum absolute atomic E-state index is 13.1. The number of hydrogen-bond acceptors (Lipinski definition) is 4. The minimum absolute atomic E-state index is 0.0498. The van der Waals surface area contributed by atoms with Gasteiger partial charge < -0.3 is 9.64 Å². The van der Waals surface area contributed by atoms with Gasteiger partial charge in [0.25, 0.3) is 0 Å². The van der Waals surface area contributed by atoms with Crippen LogP contribution >= 0.6 is 15.9 Å². The van der Waals surface area contributed by atoms with E-state index in [0.29, 0.717) is 17.9 Å². The quantitative estimate of drug-likeness (QED) is 0.697.